The Morgan fingerprint density at radius 3 is 2.56 bits per heavy atom. The highest BCUT2D eigenvalue weighted by molar-refractivity contribution is 6.04. The maximum Gasteiger partial charge on any atom is 0.317 e. The number of benzene rings is 2. The van der Waals surface area contributed by atoms with E-state index in [0.29, 0.717) is 11.3 Å². The minimum atomic E-state index is -0.825. The lowest BCUT2D eigenvalue weighted by atomic mass is 9.93. The second kappa shape index (κ2) is 9.96. The van der Waals surface area contributed by atoms with Gasteiger partial charge in [-0.2, -0.15) is 5.10 Å². The summed E-state index contributed by atoms with van der Waals surface area (Å²) >= 11 is 0. The van der Waals surface area contributed by atoms with E-state index in [-0.39, 0.29) is 18.5 Å². The molecule has 0 bridgehead atoms. The molecule has 2 aromatic rings. The minimum absolute atomic E-state index is 0.00910. The zero-order valence-corrected chi connectivity index (χ0v) is 18.5. The number of amides is 1. The molecule has 0 aromatic heterocycles. The van der Waals surface area contributed by atoms with Crippen LogP contribution >= 0.6 is 0 Å². The smallest absolute Gasteiger partial charge is 0.317 e. The number of hydrazone groups is 1. The number of carbonyl (C=O) groups excluding carboxylic acids is 1. The van der Waals surface area contributed by atoms with Gasteiger partial charge in [0.2, 0.25) is 0 Å². The molecule has 1 saturated heterocycles. The number of carboxylic acids is 1. The SMILES string of the molecule is CC1c2cc(NC(=O)c3ccc(C=NN4CCCCC4)cc3)ccc2CCN1CC(=O)O. The molecule has 1 unspecified atom stereocenters. The summed E-state index contributed by atoms with van der Waals surface area (Å²) in [5, 5.41) is 18.7. The molecule has 32 heavy (non-hydrogen) atoms. The third-order valence-electron chi connectivity index (χ3n) is 6.28. The Bertz CT molecular complexity index is 997. The molecule has 0 radical (unpaired) electrons. The second-order valence-corrected chi connectivity index (χ2v) is 8.54. The zero-order chi connectivity index (χ0) is 22.5. The molecule has 1 atom stereocenters. The first-order valence-corrected chi connectivity index (χ1v) is 11.3. The highest BCUT2D eigenvalue weighted by Crippen LogP contribution is 2.31. The molecule has 2 aromatic carbocycles. The van der Waals surface area contributed by atoms with Crippen LogP contribution in [0.4, 0.5) is 5.69 Å². The quantitative estimate of drug-likeness (QED) is 0.676. The predicted octanol–water partition coefficient (Wildman–Crippen LogP) is 3.76. The molecule has 2 N–H and O–H groups in total. The van der Waals surface area contributed by atoms with Crippen molar-refractivity contribution in [1.29, 1.82) is 0 Å². The third kappa shape index (κ3) is 5.34. The summed E-state index contributed by atoms with van der Waals surface area (Å²) in [6.45, 7) is 4.76. The molecule has 7 nitrogen and oxygen atoms in total. The fourth-order valence-electron chi connectivity index (χ4n) is 4.40. The van der Waals surface area contributed by atoms with Crippen molar-refractivity contribution in [3.05, 3.63) is 64.7 Å². The van der Waals surface area contributed by atoms with E-state index in [0.717, 1.165) is 37.2 Å². The van der Waals surface area contributed by atoms with Gasteiger partial charge in [0, 0.05) is 36.9 Å². The van der Waals surface area contributed by atoms with E-state index < -0.39 is 5.97 Å². The van der Waals surface area contributed by atoms with Crippen molar-refractivity contribution >= 4 is 23.8 Å². The van der Waals surface area contributed by atoms with E-state index in [4.69, 9.17) is 5.11 Å². The average molecular weight is 435 g/mol. The van der Waals surface area contributed by atoms with Crippen LogP contribution in [0, 0.1) is 0 Å². The fraction of sp³-hybridized carbons (Fsp3) is 0.400. The van der Waals surface area contributed by atoms with Gasteiger partial charge in [0.1, 0.15) is 0 Å². The van der Waals surface area contributed by atoms with Crippen molar-refractivity contribution in [3.8, 4) is 0 Å². The van der Waals surface area contributed by atoms with Gasteiger partial charge in [-0.25, -0.2) is 0 Å². The summed E-state index contributed by atoms with van der Waals surface area (Å²) in [5.74, 6) is -0.996. The van der Waals surface area contributed by atoms with Crippen LogP contribution in [0.2, 0.25) is 0 Å². The first kappa shape index (κ1) is 22.0. The van der Waals surface area contributed by atoms with Gasteiger partial charge in [0.25, 0.3) is 5.91 Å². The van der Waals surface area contributed by atoms with Gasteiger partial charge < -0.3 is 10.4 Å². The molecule has 0 saturated carbocycles. The predicted molar refractivity (Wildman–Crippen MR) is 125 cm³/mol. The summed E-state index contributed by atoms with van der Waals surface area (Å²) in [4.78, 5) is 25.8. The number of rotatable bonds is 6. The maximum atomic E-state index is 12.7. The average Bonchev–Trinajstić information content (AvgIpc) is 2.80. The molecule has 4 rings (SSSR count). The van der Waals surface area contributed by atoms with Gasteiger partial charge in [0.05, 0.1) is 12.8 Å². The molecule has 1 amide bonds. The van der Waals surface area contributed by atoms with Crippen molar-refractivity contribution in [2.45, 2.75) is 38.6 Å². The summed E-state index contributed by atoms with van der Waals surface area (Å²) in [5.41, 5.74) is 4.54. The third-order valence-corrected chi connectivity index (χ3v) is 6.28. The number of carboxylic acid groups (broad SMARTS) is 1. The van der Waals surface area contributed by atoms with Gasteiger partial charge in [-0.1, -0.05) is 18.2 Å². The van der Waals surface area contributed by atoms with E-state index in [9.17, 15) is 9.59 Å². The Morgan fingerprint density at radius 1 is 1.09 bits per heavy atom. The number of fused-ring (bicyclic) bond motifs is 1. The first-order chi connectivity index (χ1) is 15.5. The Balaban J connectivity index is 1.40. The van der Waals surface area contributed by atoms with Crippen LogP contribution in [0.3, 0.4) is 0 Å². The molecule has 1 fully saturated rings. The van der Waals surface area contributed by atoms with Crippen molar-refractivity contribution in [2.24, 2.45) is 5.10 Å². The number of nitrogens with one attached hydrogen (secondary N) is 1. The molecule has 168 valence electrons. The monoisotopic (exact) mass is 434 g/mol. The Labute approximate surface area is 188 Å². The van der Waals surface area contributed by atoms with Crippen LogP contribution in [-0.2, 0) is 11.2 Å². The van der Waals surface area contributed by atoms with E-state index in [1.807, 2.05) is 60.5 Å². The number of carbonyl (C=O) groups is 2. The molecule has 7 heteroatoms. The number of hydrogen-bond acceptors (Lipinski definition) is 5. The van der Waals surface area contributed by atoms with Gasteiger partial charge in [-0.05, 0) is 73.6 Å². The van der Waals surface area contributed by atoms with Gasteiger partial charge >= 0.3 is 5.97 Å². The van der Waals surface area contributed by atoms with Crippen molar-refractivity contribution in [2.75, 3.05) is 31.5 Å². The van der Waals surface area contributed by atoms with Crippen LogP contribution in [0.25, 0.3) is 0 Å². The number of nitrogens with zero attached hydrogens (tertiary/aromatic N) is 3. The van der Waals surface area contributed by atoms with Crippen LogP contribution in [-0.4, -0.2) is 59.3 Å². The van der Waals surface area contributed by atoms with Crippen molar-refractivity contribution in [1.82, 2.24) is 9.91 Å². The Morgan fingerprint density at radius 2 is 1.84 bits per heavy atom. The van der Waals surface area contributed by atoms with Crippen molar-refractivity contribution < 1.29 is 14.7 Å². The highest BCUT2D eigenvalue weighted by atomic mass is 16.4. The Kier molecular flexibility index (Phi) is 6.85. The summed E-state index contributed by atoms with van der Waals surface area (Å²) < 4.78 is 0. The molecule has 2 aliphatic rings. The molecular weight excluding hydrogens is 404 g/mol. The van der Waals surface area contributed by atoms with E-state index in [1.165, 1.54) is 24.8 Å². The van der Waals surface area contributed by atoms with Gasteiger partial charge in [-0.3, -0.25) is 19.5 Å². The van der Waals surface area contributed by atoms with E-state index >= 15 is 0 Å². The lowest BCUT2D eigenvalue weighted by Gasteiger charge is -2.34. The molecule has 2 heterocycles. The fourth-order valence-corrected chi connectivity index (χ4v) is 4.40. The summed E-state index contributed by atoms with van der Waals surface area (Å²) in [6.07, 6.45) is 6.31. The largest absolute Gasteiger partial charge is 0.480 e. The standard InChI is InChI=1S/C25H30N4O3/c1-18-23-15-22(10-9-20(23)11-14-28(18)17-24(30)31)27-25(32)21-7-5-19(6-8-21)16-26-29-12-3-2-4-13-29/h5-10,15-16,18H,2-4,11-14,17H2,1H3,(H,27,32)(H,30,31). The topological polar surface area (TPSA) is 85.2 Å². The van der Waals surface area contributed by atoms with E-state index in [2.05, 4.69) is 15.4 Å². The summed E-state index contributed by atoms with van der Waals surface area (Å²) in [7, 11) is 0. The molecule has 2 aliphatic heterocycles. The second-order valence-electron chi connectivity index (χ2n) is 8.54. The first-order valence-electron chi connectivity index (χ1n) is 11.3. The maximum absolute atomic E-state index is 12.7. The van der Waals surface area contributed by atoms with Crippen LogP contribution in [0.1, 0.15) is 59.3 Å². The number of anilines is 1. The zero-order valence-electron chi connectivity index (χ0n) is 18.5. The Hall–Kier alpha value is -3.19. The number of hydrogen-bond donors (Lipinski definition) is 2. The van der Waals surface area contributed by atoms with E-state index in [1.54, 1.807) is 0 Å². The minimum Gasteiger partial charge on any atom is -0.480 e. The number of piperidine rings is 1. The van der Waals surface area contributed by atoms with Crippen LogP contribution < -0.4 is 5.32 Å². The lowest BCUT2D eigenvalue weighted by Crippen LogP contribution is -2.37. The summed E-state index contributed by atoms with van der Waals surface area (Å²) in [6, 6.07) is 13.3. The normalized spacial score (nSPS) is 19.0. The van der Waals surface area contributed by atoms with Gasteiger partial charge in [-0.15, -0.1) is 0 Å². The highest BCUT2D eigenvalue weighted by Gasteiger charge is 2.25. The van der Waals surface area contributed by atoms with Crippen molar-refractivity contribution in [3.63, 3.8) is 0 Å². The van der Waals surface area contributed by atoms with Gasteiger partial charge in [0.15, 0.2) is 0 Å². The lowest BCUT2D eigenvalue weighted by molar-refractivity contribution is -0.139. The number of aliphatic carboxylic acids is 1. The molecule has 0 aliphatic carbocycles. The molecular formula is C25H30N4O3. The molecule has 0 spiro atoms. The van der Waals surface area contributed by atoms with Crippen LogP contribution in [0.5, 0.6) is 0 Å². The van der Waals surface area contributed by atoms with Crippen LogP contribution in [0.15, 0.2) is 47.6 Å².